The van der Waals surface area contributed by atoms with Crippen LogP contribution in [0.2, 0.25) is 0 Å². The molecule has 0 aliphatic heterocycles. The Morgan fingerprint density at radius 1 is 1.17 bits per heavy atom. The highest BCUT2D eigenvalue weighted by Crippen LogP contribution is 2.40. The van der Waals surface area contributed by atoms with Gasteiger partial charge in [0.2, 0.25) is 0 Å². The molecule has 4 heteroatoms. The standard InChI is InChI=1S/C20H31NO3/c1-3-21(4-2)15-16-24-19(22)20(23,17-11-7-5-8-12-17)18-13-9-6-10-14-18/h5,7-8,11-12,18,23H,3-4,6,9-10,13-16H2,1-2H3/t20-/m0/s1. The molecule has 0 saturated heterocycles. The predicted octanol–water partition coefficient (Wildman–Crippen LogP) is 3.34. The molecule has 0 amide bonds. The van der Waals surface area contributed by atoms with Crippen molar-refractivity contribution in [3.05, 3.63) is 35.9 Å². The number of nitrogens with zero attached hydrogens (tertiary/aromatic N) is 1. The fourth-order valence-corrected chi connectivity index (χ4v) is 3.65. The highest BCUT2D eigenvalue weighted by Gasteiger charge is 2.47. The maximum absolute atomic E-state index is 12.8. The topological polar surface area (TPSA) is 49.8 Å². The minimum atomic E-state index is -1.52. The summed E-state index contributed by atoms with van der Waals surface area (Å²) in [6.07, 6.45) is 5.05. The van der Waals surface area contributed by atoms with Gasteiger partial charge in [-0.05, 0) is 31.5 Å². The van der Waals surface area contributed by atoms with Crippen LogP contribution in [0.15, 0.2) is 30.3 Å². The average Bonchev–Trinajstić information content (AvgIpc) is 2.65. The van der Waals surface area contributed by atoms with E-state index >= 15 is 0 Å². The SMILES string of the molecule is CCN(CC)CCOC(=O)[C@](O)(c1ccccc1)C1CCCCC1. The molecule has 1 N–H and O–H groups in total. The van der Waals surface area contributed by atoms with Crippen molar-refractivity contribution < 1.29 is 14.6 Å². The molecule has 1 fully saturated rings. The maximum Gasteiger partial charge on any atom is 0.343 e. The van der Waals surface area contributed by atoms with Crippen molar-refractivity contribution in [3.8, 4) is 0 Å². The van der Waals surface area contributed by atoms with E-state index in [1.54, 1.807) is 0 Å². The van der Waals surface area contributed by atoms with Gasteiger partial charge in [-0.1, -0.05) is 63.4 Å². The van der Waals surface area contributed by atoms with Crippen molar-refractivity contribution in [1.29, 1.82) is 0 Å². The number of carbonyl (C=O) groups excluding carboxylic acids is 1. The number of rotatable bonds is 8. The lowest BCUT2D eigenvalue weighted by Gasteiger charge is -2.36. The van der Waals surface area contributed by atoms with Crippen LogP contribution in [0.25, 0.3) is 0 Å². The highest BCUT2D eigenvalue weighted by atomic mass is 16.5. The lowest BCUT2D eigenvalue weighted by molar-refractivity contribution is -0.176. The van der Waals surface area contributed by atoms with Gasteiger partial charge in [-0.25, -0.2) is 4.79 Å². The molecule has 1 aliphatic rings. The van der Waals surface area contributed by atoms with Crippen LogP contribution in [-0.4, -0.2) is 42.2 Å². The third kappa shape index (κ3) is 4.37. The Hall–Kier alpha value is -1.39. The van der Waals surface area contributed by atoms with E-state index in [2.05, 4.69) is 18.7 Å². The lowest BCUT2D eigenvalue weighted by atomic mass is 9.73. The first-order valence-corrected chi connectivity index (χ1v) is 9.30. The van der Waals surface area contributed by atoms with Crippen molar-refractivity contribution in [2.45, 2.75) is 51.6 Å². The number of hydrogen-bond acceptors (Lipinski definition) is 4. The van der Waals surface area contributed by atoms with E-state index in [9.17, 15) is 9.90 Å². The molecule has 0 heterocycles. The van der Waals surface area contributed by atoms with Crippen molar-refractivity contribution in [2.75, 3.05) is 26.2 Å². The molecule has 0 radical (unpaired) electrons. The van der Waals surface area contributed by atoms with Crippen LogP contribution in [-0.2, 0) is 15.1 Å². The van der Waals surface area contributed by atoms with Crippen molar-refractivity contribution in [3.63, 3.8) is 0 Å². The van der Waals surface area contributed by atoms with Crippen LogP contribution in [0, 0.1) is 5.92 Å². The predicted molar refractivity (Wildman–Crippen MR) is 95.7 cm³/mol. The molecule has 0 aromatic heterocycles. The summed E-state index contributed by atoms with van der Waals surface area (Å²) in [4.78, 5) is 15.0. The summed E-state index contributed by atoms with van der Waals surface area (Å²) in [6, 6.07) is 9.30. The quantitative estimate of drug-likeness (QED) is 0.741. The molecule has 0 bridgehead atoms. The summed E-state index contributed by atoms with van der Waals surface area (Å²) in [5.41, 5.74) is -0.866. The Bertz CT molecular complexity index is 495. The molecule has 1 aromatic rings. The number of hydrogen-bond donors (Lipinski definition) is 1. The van der Waals surface area contributed by atoms with Crippen molar-refractivity contribution in [1.82, 2.24) is 4.90 Å². The number of aliphatic hydroxyl groups is 1. The number of likely N-dealkylation sites (N-methyl/N-ethyl adjacent to an activating group) is 1. The summed E-state index contributed by atoms with van der Waals surface area (Å²) in [6.45, 7) is 7.07. The van der Waals surface area contributed by atoms with Crippen LogP contribution < -0.4 is 0 Å². The molecule has 1 saturated carbocycles. The van der Waals surface area contributed by atoms with Crippen LogP contribution in [0.5, 0.6) is 0 Å². The smallest absolute Gasteiger partial charge is 0.343 e. The molecule has 1 aromatic carbocycles. The van der Waals surface area contributed by atoms with Gasteiger partial charge in [0, 0.05) is 12.5 Å². The van der Waals surface area contributed by atoms with Crippen LogP contribution in [0.3, 0.4) is 0 Å². The Balaban J connectivity index is 2.11. The Morgan fingerprint density at radius 2 is 1.79 bits per heavy atom. The van der Waals surface area contributed by atoms with Crippen LogP contribution >= 0.6 is 0 Å². The molecule has 2 rings (SSSR count). The number of ether oxygens (including phenoxy) is 1. The van der Waals surface area contributed by atoms with E-state index in [4.69, 9.17) is 4.74 Å². The molecular weight excluding hydrogens is 302 g/mol. The molecule has 1 atom stereocenters. The van der Waals surface area contributed by atoms with Gasteiger partial charge in [0.1, 0.15) is 6.61 Å². The zero-order chi connectivity index (χ0) is 17.4. The molecule has 134 valence electrons. The molecule has 0 spiro atoms. The van der Waals surface area contributed by atoms with Crippen molar-refractivity contribution in [2.24, 2.45) is 5.92 Å². The van der Waals surface area contributed by atoms with Gasteiger partial charge in [0.05, 0.1) is 0 Å². The average molecular weight is 333 g/mol. The third-order valence-corrected chi connectivity index (χ3v) is 5.26. The van der Waals surface area contributed by atoms with Gasteiger partial charge in [-0.15, -0.1) is 0 Å². The number of carbonyl (C=O) groups is 1. The summed E-state index contributed by atoms with van der Waals surface area (Å²) >= 11 is 0. The Morgan fingerprint density at radius 3 is 2.38 bits per heavy atom. The minimum absolute atomic E-state index is 0.0606. The molecule has 0 unspecified atom stereocenters. The van der Waals surface area contributed by atoms with Gasteiger partial charge >= 0.3 is 5.97 Å². The number of esters is 1. The highest BCUT2D eigenvalue weighted by molar-refractivity contribution is 5.81. The fourth-order valence-electron chi connectivity index (χ4n) is 3.65. The van der Waals surface area contributed by atoms with E-state index in [1.165, 1.54) is 6.42 Å². The van der Waals surface area contributed by atoms with Gasteiger partial charge < -0.3 is 14.7 Å². The third-order valence-electron chi connectivity index (χ3n) is 5.26. The fraction of sp³-hybridized carbons (Fsp3) is 0.650. The summed E-state index contributed by atoms with van der Waals surface area (Å²) in [7, 11) is 0. The molecule has 1 aliphatic carbocycles. The van der Waals surface area contributed by atoms with Crippen LogP contribution in [0.4, 0.5) is 0 Å². The second kappa shape index (κ2) is 9.19. The molecule has 4 nitrogen and oxygen atoms in total. The summed E-state index contributed by atoms with van der Waals surface area (Å²) < 4.78 is 5.52. The first-order chi connectivity index (χ1) is 11.6. The molecular formula is C20H31NO3. The second-order valence-corrected chi connectivity index (χ2v) is 6.63. The normalized spacial score (nSPS) is 18.3. The minimum Gasteiger partial charge on any atom is -0.462 e. The van der Waals surface area contributed by atoms with E-state index in [-0.39, 0.29) is 5.92 Å². The van der Waals surface area contributed by atoms with E-state index in [0.717, 1.165) is 38.8 Å². The zero-order valence-electron chi connectivity index (χ0n) is 15.0. The monoisotopic (exact) mass is 333 g/mol. The maximum atomic E-state index is 12.8. The van der Waals surface area contributed by atoms with Gasteiger partial charge in [0.15, 0.2) is 5.60 Å². The summed E-state index contributed by atoms with van der Waals surface area (Å²) in [5.74, 6) is -0.553. The van der Waals surface area contributed by atoms with E-state index < -0.39 is 11.6 Å². The summed E-state index contributed by atoms with van der Waals surface area (Å²) in [5, 5.41) is 11.4. The zero-order valence-corrected chi connectivity index (χ0v) is 15.0. The first-order valence-electron chi connectivity index (χ1n) is 9.30. The Kier molecular flexibility index (Phi) is 7.25. The largest absolute Gasteiger partial charge is 0.462 e. The molecule has 24 heavy (non-hydrogen) atoms. The van der Waals surface area contributed by atoms with Gasteiger partial charge in [-0.3, -0.25) is 0 Å². The second-order valence-electron chi connectivity index (χ2n) is 6.63. The van der Waals surface area contributed by atoms with Gasteiger partial charge in [-0.2, -0.15) is 0 Å². The Labute approximate surface area is 145 Å². The van der Waals surface area contributed by atoms with E-state index in [1.807, 2.05) is 30.3 Å². The van der Waals surface area contributed by atoms with E-state index in [0.29, 0.717) is 18.7 Å². The van der Waals surface area contributed by atoms with Crippen LogP contribution in [0.1, 0.15) is 51.5 Å². The number of benzene rings is 1. The van der Waals surface area contributed by atoms with Gasteiger partial charge in [0.25, 0.3) is 0 Å². The first kappa shape index (κ1) is 18.9. The lowest BCUT2D eigenvalue weighted by Crippen LogP contribution is -2.45. The van der Waals surface area contributed by atoms with Crippen molar-refractivity contribution >= 4 is 5.97 Å².